The summed E-state index contributed by atoms with van der Waals surface area (Å²) in [6.07, 6.45) is 46.0. The van der Waals surface area contributed by atoms with Crippen molar-refractivity contribution in [3.8, 4) is 0 Å². The molecule has 0 aliphatic heterocycles. The van der Waals surface area contributed by atoms with Gasteiger partial charge in [0.2, 0.25) is 0 Å². The minimum Gasteiger partial charge on any atom is -0.480 e. The van der Waals surface area contributed by atoms with E-state index in [9.17, 15) is 28.9 Å². The number of unbranched alkanes of at least 4 members (excludes halogenated alkanes) is 11. The number of phosphoric ester groups is 1. The van der Waals surface area contributed by atoms with E-state index in [1.807, 2.05) is 37.3 Å². The number of carbonyl (C=O) groups is 3. The Labute approximate surface area is 355 Å². The summed E-state index contributed by atoms with van der Waals surface area (Å²) in [4.78, 5) is 45.9. The number of esters is 2. The molecular formula is C46H76NO11P. The van der Waals surface area contributed by atoms with Gasteiger partial charge in [-0.25, -0.2) is 4.57 Å². The Bertz CT molecular complexity index is 1340. The highest BCUT2D eigenvalue weighted by molar-refractivity contribution is 7.47. The number of hydrogen-bond donors (Lipinski definition) is 4. The summed E-state index contributed by atoms with van der Waals surface area (Å²) in [5.41, 5.74) is 5.33. The Kier molecular flexibility index (Phi) is 37.8. The first-order valence-electron chi connectivity index (χ1n) is 21.7. The third-order valence-electron chi connectivity index (χ3n) is 8.78. The number of ether oxygens (including phenoxy) is 2. The molecule has 0 bridgehead atoms. The van der Waals surface area contributed by atoms with Crippen molar-refractivity contribution in [2.45, 2.75) is 167 Å². The second-order valence-corrected chi connectivity index (χ2v) is 15.7. The molecule has 13 heteroatoms. The van der Waals surface area contributed by atoms with Crippen molar-refractivity contribution in [3.63, 3.8) is 0 Å². The number of allylic oxidation sites excluding steroid dienone is 13. The number of nitrogens with two attached hydrogens (primary N) is 1. The summed E-state index contributed by atoms with van der Waals surface area (Å²) in [5, 5.41) is 18.4. The summed E-state index contributed by atoms with van der Waals surface area (Å²) in [7, 11) is -4.74. The molecule has 0 spiro atoms. The molecular weight excluding hydrogens is 773 g/mol. The molecule has 0 rings (SSSR count). The summed E-state index contributed by atoms with van der Waals surface area (Å²) >= 11 is 0. The maximum Gasteiger partial charge on any atom is 0.472 e. The SMILES string of the molecule is CCCCC/C=C\C/C=C\CCCCCCCCCC(=O)O[C@H](COC(=O)CCC/C=C\C/C=C\C/C=C\C/C=C\C=C\[C@@H](O)CC)COP(=O)(O)OC[C@H](N)C(=O)O. The van der Waals surface area contributed by atoms with E-state index in [1.54, 1.807) is 6.08 Å². The average molecular weight is 850 g/mol. The van der Waals surface area contributed by atoms with Gasteiger partial charge in [0.25, 0.3) is 0 Å². The van der Waals surface area contributed by atoms with Gasteiger partial charge in [-0.3, -0.25) is 23.4 Å². The highest BCUT2D eigenvalue weighted by Crippen LogP contribution is 2.43. The number of rotatable bonds is 39. The van der Waals surface area contributed by atoms with Crippen molar-refractivity contribution < 1.29 is 52.6 Å². The van der Waals surface area contributed by atoms with Crippen LogP contribution in [0.15, 0.2) is 85.1 Å². The first-order valence-corrected chi connectivity index (χ1v) is 23.2. The van der Waals surface area contributed by atoms with Crippen molar-refractivity contribution >= 4 is 25.7 Å². The molecule has 0 fully saturated rings. The topological polar surface area (TPSA) is 192 Å². The van der Waals surface area contributed by atoms with E-state index in [0.717, 1.165) is 64.2 Å². The largest absolute Gasteiger partial charge is 0.480 e. The lowest BCUT2D eigenvalue weighted by Gasteiger charge is -2.20. The molecule has 0 aromatic heterocycles. The van der Waals surface area contributed by atoms with Crippen molar-refractivity contribution in [3.05, 3.63) is 85.1 Å². The van der Waals surface area contributed by atoms with Crippen LogP contribution >= 0.6 is 7.82 Å². The van der Waals surface area contributed by atoms with Crippen LogP contribution in [0, 0.1) is 0 Å². The number of carbonyl (C=O) groups excluding carboxylic acids is 2. The molecule has 0 aliphatic carbocycles. The lowest BCUT2D eigenvalue weighted by molar-refractivity contribution is -0.161. The fourth-order valence-electron chi connectivity index (χ4n) is 5.20. The lowest BCUT2D eigenvalue weighted by Crippen LogP contribution is -2.34. The number of hydrogen-bond acceptors (Lipinski definition) is 10. The number of carboxylic acids is 1. The van der Waals surface area contributed by atoms with Gasteiger partial charge in [0.15, 0.2) is 6.10 Å². The number of carboxylic acid groups (broad SMARTS) is 1. The minimum absolute atomic E-state index is 0.123. The normalized spacial score (nSPS) is 15.1. The van der Waals surface area contributed by atoms with Crippen LogP contribution in [0.25, 0.3) is 0 Å². The molecule has 5 N–H and O–H groups in total. The molecule has 0 radical (unpaired) electrons. The third-order valence-corrected chi connectivity index (χ3v) is 9.74. The molecule has 4 atom stereocenters. The first kappa shape index (κ1) is 55.6. The fourth-order valence-corrected chi connectivity index (χ4v) is 5.98. The van der Waals surface area contributed by atoms with E-state index in [1.165, 1.54) is 32.1 Å². The quantitative estimate of drug-likeness (QED) is 0.0151. The lowest BCUT2D eigenvalue weighted by atomic mass is 10.1. The van der Waals surface area contributed by atoms with Gasteiger partial charge in [-0.05, 0) is 77.0 Å². The van der Waals surface area contributed by atoms with Gasteiger partial charge in [-0.1, -0.05) is 144 Å². The molecule has 0 aliphatic rings. The van der Waals surface area contributed by atoms with Crippen LogP contribution in [-0.2, 0) is 37.5 Å². The first-order chi connectivity index (χ1) is 28.5. The van der Waals surface area contributed by atoms with Crippen molar-refractivity contribution in [1.82, 2.24) is 0 Å². The minimum atomic E-state index is -4.74. The van der Waals surface area contributed by atoms with Gasteiger partial charge >= 0.3 is 25.7 Å². The Morgan fingerprint density at radius 1 is 0.610 bits per heavy atom. The molecule has 0 aromatic rings. The van der Waals surface area contributed by atoms with E-state index in [-0.39, 0.29) is 12.8 Å². The zero-order chi connectivity index (χ0) is 43.7. The van der Waals surface area contributed by atoms with Gasteiger partial charge in [-0.2, -0.15) is 0 Å². The third kappa shape index (κ3) is 39.8. The van der Waals surface area contributed by atoms with Crippen LogP contribution in [-0.4, -0.2) is 71.1 Å². The second-order valence-electron chi connectivity index (χ2n) is 14.3. The molecule has 59 heavy (non-hydrogen) atoms. The predicted molar refractivity (Wildman–Crippen MR) is 236 cm³/mol. The highest BCUT2D eigenvalue weighted by atomic mass is 31.2. The van der Waals surface area contributed by atoms with E-state index in [4.69, 9.17) is 24.8 Å². The van der Waals surface area contributed by atoms with Crippen molar-refractivity contribution in [2.24, 2.45) is 5.73 Å². The smallest absolute Gasteiger partial charge is 0.472 e. The number of phosphoric acid groups is 1. The van der Waals surface area contributed by atoms with Crippen LogP contribution in [0.5, 0.6) is 0 Å². The summed E-state index contributed by atoms with van der Waals surface area (Å²) in [6, 6.07) is -1.54. The Morgan fingerprint density at radius 2 is 1.10 bits per heavy atom. The van der Waals surface area contributed by atoms with E-state index in [2.05, 4.69) is 60.1 Å². The van der Waals surface area contributed by atoms with E-state index < -0.39 is 63.8 Å². The molecule has 0 heterocycles. The van der Waals surface area contributed by atoms with Crippen molar-refractivity contribution in [2.75, 3.05) is 19.8 Å². The van der Waals surface area contributed by atoms with Crippen molar-refractivity contribution in [1.29, 1.82) is 0 Å². The van der Waals surface area contributed by atoms with Crippen LogP contribution in [0.4, 0.5) is 0 Å². The molecule has 336 valence electrons. The van der Waals surface area contributed by atoms with Crippen LogP contribution in [0.3, 0.4) is 0 Å². The molecule has 0 amide bonds. The van der Waals surface area contributed by atoms with Crippen LogP contribution < -0.4 is 5.73 Å². The molecule has 1 unspecified atom stereocenters. The Hall–Kier alpha value is -3.38. The summed E-state index contributed by atoms with van der Waals surface area (Å²) in [5.74, 6) is -2.50. The standard InChI is InChI=1S/C46H76NO11P/c1-3-5-6-7-8-9-10-11-12-13-14-19-22-25-28-31-34-37-45(50)58-42(39-56-59(53,54)57-40-43(47)46(51)52)38-55-44(49)36-33-30-27-24-21-18-16-15-17-20-23-26-29-32-35-41(48)4-2/h8-9,11-12,16-18,20,24,26-27,29,32,35,41-43,48H,3-7,10,13-15,19,21-23,25,28,30-31,33-34,36-40,47H2,1-2H3,(H,51,52)(H,53,54)/b9-8-,12-11-,18-16-,20-17-,27-24-,29-26-,35-32+/t41-,42+,43-/m0/s1. The maximum atomic E-state index is 12.6. The number of aliphatic hydroxyl groups is 1. The highest BCUT2D eigenvalue weighted by Gasteiger charge is 2.28. The van der Waals surface area contributed by atoms with E-state index >= 15 is 0 Å². The number of aliphatic carboxylic acids is 1. The second kappa shape index (κ2) is 40.0. The molecule has 0 saturated carbocycles. The molecule has 0 saturated heterocycles. The zero-order valence-corrected chi connectivity index (χ0v) is 36.8. The molecule has 0 aromatic carbocycles. The van der Waals surface area contributed by atoms with Crippen LogP contribution in [0.2, 0.25) is 0 Å². The maximum absolute atomic E-state index is 12.6. The summed E-state index contributed by atoms with van der Waals surface area (Å²) < 4.78 is 32.6. The van der Waals surface area contributed by atoms with Gasteiger partial charge in [0.1, 0.15) is 12.6 Å². The average Bonchev–Trinajstić information content (AvgIpc) is 3.21. The predicted octanol–water partition coefficient (Wildman–Crippen LogP) is 10.5. The molecule has 12 nitrogen and oxygen atoms in total. The fraction of sp³-hybridized carbons (Fsp3) is 0.630. The Morgan fingerprint density at radius 3 is 1.68 bits per heavy atom. The van der Waals surface area contributed by atoms with Gasteiger partial charge < -0.3 is 30.3 Å². The number of aliphatic hydroxyl groups excluding tert-OH is 1. The van der Waals surface area contributed by atoms with Gasteiger partial charge in [0.05, 0.1) is 19.3 Å². The zero-order valence-electron chi connectivity index (χ0n) is 35.9. The van der Waals surface area contributed by atoms with Crippen LogP contribution in [0.1, 0.15) is 149 Å². The summed E-state index contributed by atoms with van der Waals surface area (Å²) in [6.45, 7) is 2.36. The van der Waals surface area contributed by atoms with Gasteiger partial charge in [0, 0.05) is 12.8 Å². The van der Waals surface area contributed by atoms with E-state index in [0.29, 0.717) is 25.7 Å². The Balaban J connectivity index is 4.50. The van der Waals surface area contributed by atoms with Gasteiger partial charge in [-0.15, -0.1) is 0 Å². The monoisotopic (exact) mass is 850 g/mol.